The van der Waals surface area contributed by atoms with E-state index >= 15 is 0 Å². The lowest BCUT2D eigenvalue weighted by Crippen LogP contribution is -2.47. The summed E-state index contributed by atoms with van der Waals surface area (Å²) in [4.78, 5) is 0. The number of hydrogen-bond donors (Lipinski definition) is 1. The van der Waals surface area contributed by atoms with E-state index in [1.807, 2.05) is 0 Å². The van der Waals surface area contributed by atoms with Crippen molar-refractivity contribution in [2.24, 2.45) is 23.2 Å². The zero-order valence-electron chi connectivity index (χ0n) is 11.4. The van der Waals surface area contributed by atoms with Gasteiger partial charge in [0.2, 0.25) is 0 Å². The van der Waals surface area contributed by atoms with Gasteiger partial charge >= 0.3 is 0 Å². The van der Waals surface area contributed by atoms with E-state index in [0.717, 1.165) is 12.3 Å². The van der Waals surface area contributed by atoms with Gasteiger partial charge in [-0.25, -0.2) is 0 Å². The van der Waals surface area contributed by atoms with E-state index in [1.165, 1.54) is 32.1 Å². The first kappa shape index (κ1) is 12.4. The van der Waals surface area contributed by atoms with E-state index in [4.69, 9.17) is 0 Å². The topological polar surface area (TPSA) is 20.2 Å². The minimum atomic E-state index is -0.369. The van der Waals surface area contributed by atoms with Crippen molar-refractivity contribution in [1.82, 2.24) is 0 Å². The van der Waals surface area contributed by atoms with Crippen LogP contribution in [-0.2, 0) is 0 Å². The minimum absolute atomic E-state index is 0.201. The lowest BCUT2D eigenvalue weighted by molar-refractivity contribution is -0.0995. The van der Waals surface area contributed by atoms with E-state index < -0.39 is 0 Å². The molecule has 0 aromatic heterocycles. The fourth-order valence-electron chi connectivity index (χ4n) is 4.27. The molecule has 2 rings (SSSR count). The van der Waals surface area contributed by atoms with Crippen LogP contribution in [0, 0.1) is 23.2 Å². The molecule has 0 amide bonds. The summed E-state index contributed by atoms with van der Waals surface area (Å²) in [5.74, 6) is 1.96. The molecular formula is C15H28O. The van der Waals surface area contributed by atoms with Crippen LogP contribution in [0.3, 0.4) is 0 Å². The van der Waals surface area contributed by atoms with Crippen molar-refractivity contribution in [3.05, 3.63) is 0 Å². The van der Waals surface area contributed by atoms with Gasteiger partial charge in [-0.1, -0.05) is 34.1 Å². The Morgan fingerprint density at radius 3 is 2.25 bits per heavy atom. The van der Waals surface area contributed by atoms with Crippen LogP contribution in [0.1, 0.15) is 66.2 Å². The van der Waals surface area contributed by atoms with Crippen LogP contribution >= 0.6 is 0 Å². The Balaban J connectivity index is 2.28. The van der Waals surface area contributed by atoms with Crippen molar-refractivity contribution in [3.8, 4) is 0 Å². The average Bonchev–Trinajstić information content (AvgIpc) is 2.41. The van der Waals surface area contributed by atoms with Crippen molar-refractivity contribution < 1.29 is 5.11 Å². The van der Waals surface area contributed by atoms with Crippen LogP contribution in [-0.4, -0.2) is 10.7 Å². The van der Waals surface area contributed by atoms with Crippen molar-refractivity contribution in [3.63, 3.8) is 0 Å². The highest BCUT2D eigenvalue weighted by Gasteiger charge is 2.57. The van der Waals surface area contributed by atoms with Gasteiger partial charge in [0.25, 0.3) is 0 Å². The predicted molar refractivity (Wildman–Crippen MR) is 68.3 cm³/mol. The fourth-order valence-corrected chi connectivity index (χ4v) is 4.27. The first-order valence-electron chi connectivity index (χ1n) is 7.11. The highest BCUT2D eigenvalue weighted by molar-refractivity contribution is 5.08. The highest BCUT2D eigenvalue weighted by atomic mass is 16.3. The van der Waals surface area contributed by atoms with Crippen molar-refractivity contribution >= 4 is 0 Å². The van der Waals surface area contributed by atoms with Crippen molar-refractivity contribution in [2.45, 2.75) is 71.8 Å². The molecule has 0 radical (unpaired) electrons. The highest BCUT2D eigenvalue weighted by Crippen LogP contribution is 2.58. The Kier molecular flexibility index (Phi) is 3.11. The Hall–Kier alpha value is -0.0400. The van der Waals surface area contributed by atoms with Gasteiger partial charge in [-0.05, 0) is 55.3 Å². The Labute approximate surface area is 101 Å². The quantitative estimate of drug-likeness (QED) is 0.714. The van der Waals surface area contributed by atoms with E-state index in [1.54, 1.807) is 0 Å². The standard InChI is InChI=1S/C15H28O/c1-11(2)13-7-9-14(4)8-5-12(3)6-10-15(13,14)16/h11-13,16H,5-10H2,1-4H3. The molecule has 94 valence electrons. The molecule has 0 aromatic carbocycles. The van der Waals surface area contributed by atoms with Gasteiger partial charge < -0.3 is 5.11 Å². The van der Waals surface area contributed by atoms with Gasteiger partial charge in [-0.2, -0.15) is 0 Å². The maximum absolute atomic E-state index is 11.2. The van der Waals surface area contributed by atoms with E-state index in [-0.39, 0.29) is 11.0 Å². The molecule has 0 aromatic rings. The van der Waals surface area contributed by atoms with E-state index in [0.29, 0.717) is 11.8 Å². The molecule has 4 atom stereocenters. The van der Waals surface area contributed by atoms with Gasteiger partial charge in [-0.3, -0.25) is 0 Å². The maximum Gasteiger partial charge on any atom is 0.0731 e. The Morgan fingerprint density at radius 1 is 1.06 bits per heavy atom. The van der Waals surface area contributed by atoms with E-state index in [9.17, 15) is 5.11 Å². The molecule has 4 unspecified atom stereocenters. The summed E-state index contributed by atoms with van der Waals surface area (Å²) in [6, 6.07) is 0. The molecule has 2 fully saturated rings. The summed E-state index contributed by atoms with van der Waals surface area (Å²) >= 11 is 0. The van der Waals surface area contributed by atoms with Crippen LogP contribution in [0.25, 0.3) is 0 Å². The summed E-state index contributed by atoms with van der Waals surface area (Å²) in [5.41, 5.74) is -0.168. The third-order valence-electron chi connectivity index (χ3n) is 5.68. The normalized spacial score (nSPS) is 49.1. The van der Waals surface area contributed by atoms with Crippen LogP contribution in [0.15, 0.2) is 0 Å². The number of aliphatic hydroxyl groups is 1. The molecule has 2 saturated carbocycles. The fraction of sp³-hybridized carbons (Fsp3) is 1.00. The van der Waals surface area contributed by atoms with Gasteiger partial charge in [-0.15, -0.1) is 0 Å². The van der Waals surface area contributed by atoms with Crippen LogP contribution in [0.5, 0.6) is 0 Å². The molecule has 0 bridgehead atoms. The Morgan fingerprint density at radius 2 is 1.62 bits per heavy atom. The van der Waals surface area contributed by atoms with Crippen LogP contribution in [0.4, 0.5) is 0 Å². The number of hydrogen-bond acceptors (Lipinski definition) is 1. The number of rotatable bonds is 1. The lowest BCUT2D eigenvalue weighted by Gasteiger charge is -2.43. The predicted octanol–water partition coefficient (Wildman–Crippen LogP) is 4.00. The second-order valence-electron chi connectivity index (χ2n) is 7.06. The summed E-state index contributed by atoms with van der Waals surface area (Å²) in [5, 5.41) is 11.2. The summed E-state index contributed by atoms with van der Waals surface area (Å²) in [6.07, 6.45) is 7.26. The molecule has 1 heteroatoms. The number of fused-ring (bicyclic) bond motifs is 1. The molecular weight excluding hydrogens is 196 g/mol. The first-order valence-corrected chi connectivity index (χ1v) is 7.11. The second-order valence-corrected chi connectivity index (χ2v) is 7.06. The third kappa shape index (κ3) is 1.72. The SMILES string of the molecule is CC1CCC2(C)CCC(C(C)C)C2(O)CC1. The Bertz CT molecular complexity index is 260. The molecule has 0 aliphatic heterocycles. The summed E-state index contributed by atoms with van der Waals surface area (Å²) in [7, 11) is 0. The van der Waals surface area contributed by atoms with Gasteiger partial charge in [0.15, 0.2) is 0 Å². The van der Waals surface area contributed by atoms with Crippen molar-refractivity contribution in [2.75, 3.05) is 0 Å². The van der Waals surface area contributed by atoms with Gasteiger partial charge in [0, 0.05) is 0 Å². The lowest BCUT2D eigenvalue weighted by atomic mass is 9.67. The summed E-state index contributed by atoms with van der Waals surface area (Å²) < 4.78 is 0. The second kappa shape index (κ2) is 4.01. The van der Waals surface area contributed by atoms with Crippen LogP contribution in [0.2, 0.25) is 0 Å². The summed E-state index contributed by atoms with van der Waals surface area (Å²) in [6.45, 7) is 9.25. The average molecular weight is 224 g/mol. The largest absolute Gasteiger partial charge is 0.389 e. The van der Waals surface area contributed by atoms with Gasteiger partial charge in [0.1, 0.15) is 0 Å². The zero-order chi connectivity index (χ0) is 12.0. The van der Waals surface area contributed by atoms with Crippen LogP contribution < -0.4 is 0 Å². The van der Waals surface area contributed by atoms with Crippen molar-refractivity contribution in [1.29, 1.82) is 0 Å². The minimum Gasteiger partial charge on any atom is -0.389 e. The van der Waals surface area contributed by atoms with Gasteiger partial charge in [0.05, 0.1) is 5.60 Å². The molecule has 1 N–H and O–H groups in total. The van der Waals surface area contributed by atoms with E-state index in [2.05, 4.69) is 27.7 Å². The molecule has 0 spiro atoms. The molecule has 0 saturated heterocycles. The molecule has 2 aliphatic rings. The first-order chi connectivity index (χ1) is 7.39. The smallest absolute Gasteiger partial charge is 0.0731 e. The third-order valence-corrected chi connectivity index (χ3v) is 5.68. The maximum atomic E-state index is 11.2. The molecule has 1 nitrogen and oxygen atoms in total. The monoisotopic (exact) mass is 224 g/mol. The molecule has 16 heavy (non-hydrogen) atoms. The molecule has 2 aliphatic carbocycles. The zero-order valence-corrected chi connectivity index (χ0v) is 11.4. The molecule has 0 heterocycles.